The summed E-state index contributed by atoms with van der Waals surface area (Å²) in [6, 6.07) is 0. The van der Waals surface area contributed by atoms with E-state index in [-0.39, 0.29) is 0 Å². The number of hydrogen-bond acceptors (Lipinski definition) is 3. The van der Waals surface area contributed by atoms with Gasteiger partial charge in [-0.15, -0.1) is 0 Å². The minimum atomic E-state index is -0.527. The molecule has 0 fully saturated rings. The molecule has 0 aromatic heterocycles. The van der Waals surface area contributed by atoms with Gasteiger partial charge < -0.3 is 14.9 Å². The topological polar surface area (TPSA) is 49.7 Å². The maximum absolute atomic E-state index is 10.1. The summed E-state index contributed by atoms with van der Waals surface area (Å²) in [4.78, 5) is 0. The van der Waals surface area contributed by atoms with Crippen molar-refractivity contribution in [3.8, 4) is 0 Å². The SMILES string of the molecule is CCCCCCCCCCOCCCCCCCCC(O)C(O)CCCCCCCC. The number of rotatable bonds is 26. The summed E-state index contributed by atoms with van der Waals surface area (Å²) >= 11 is 0. The van der Waals surface area contributed by atoms with Crippen LogP contribution in [0.5, 0.6) is 0 Å². The van der Waals surface area contributed by atoms with Gasteiger partial charge in [-0.2, -0.15) is 0 Å². The van der Waals surface area contributed by atoms with Crippen molar-refractivity contribution in [1.29, 1.82) is 0 Å². The van der Waals surface area contributed by atoms with Crippen LogP contribution in [0.15, 0.2) is 0 Å². The van der Waals surface area contributed by atoms with Crippen LogP contribution in [0, 0.1) is 0 Å². The van der Waals surface area contributed by atoms with E-state index >= 15 is 0 Å². The second-order valence-electron chi connectivity index (χ2n) is 9.69. The second-order valence-corrected chi connectivity index (χ2v) is 9.69. The van der Waals surface area contributed by atoms with Crippen LogP contribution in [0.3, 0.4) is 0 Å². The first-order chi connectivity index (χ1) is 15.2. The van der Waals surface area contributed by atoms with Gasteiger partial charge in [-0.05, 0) is 25.7 Å². The highest BCUT2D eigenvalue weighted by Crippen LogP contribution is 2.15. The van der Waals surface area contributed by atoms with Crippen LogP contribution in [0.4, 0.5) is 0 Å². The lowest BCUT2D eigenvalue weighted by Gasteiger charge is -2.17. The first kappa shape index (κ1) is 30.9. The molecule has 2 unspecified atom stereocenters. The molecule has 0 aliphatic heterocycles. The molecule has 0 heterocycles. The maximum atomic E-state index is 10.1. The fraction of sp³-hybridized carbons (Fsp3) is 1.00. The fourth-order valence-corrected chi connectivity index (χ4v) is 4.22. The lowest BCUT2D eigenvalue weighted by atomic mass is 9.99. The molecule has 3 heteroatoms. The summed E-state index contributed by atoms with van der Waals surface area (Å²) in [5.41, 5.74) is 0. The van der Waals surface area contributed by atoms with E-state index in [1.54, 1.807) is 0 Å². The average Bonchev–Trinajstić information content (AvgIpc) is 2.77. The molecule has 0 aliphatic rings. The highest BCUT2D eigenvalue weighted by molar-refractivity contribution is 4.67. The summed E-state index contributed by atoms with van der Waals surface area (Å²) in [6.07, 6.45) is 25.8. The second kappa shape index (κ2) is 26.1. The van der Waals surface area contributed by atoms with Crippen LogP contribution in [-0.2, 0) is 4.74 Å². The molecule has 0 aliphatic carbocycles. The lowest BCUT2D eigenvalue weighted by molar-refractivity contribution is 0.00711. The van der Waals surface area contributed by atoms with Gasteiger partial charge in [0.05, 0.1) is 12.2 Å². The standard InChI is InChI=1S/C28H58O3/c1-3-5-7-9-11-13-17-21-25-31-26-22-18-14-12-16-20-24-28(30)27(29)23-19-15-10-8-6-4-2/h27-30H,3-26H2,1-2H3. The predicted octanol–water partition coefficient (Wildman–Crippen LogP) is 8.35. The van der Waals surface area contributed by atoms with Gasteiger partial charge in [0.2, 0.25) is 0 Å². The third kappa shape index (κ3) is 24.4. The van der Waals surface area contributed by atoms with E-state index in [1.165, 1.54) is 116 Å². The van der Waals surface area contributed by atoms with Crippen molar-refractivity contribution in [2.75, 3.05) is 13.2 Å². The molecule has 0 aromatic carbocycles. The van der Waals surface area contributed by atoms with Crippen molar-refractivity contribution >= 4 is 0 Å². The number of unbranched alkanes of at least 4 members (excludes halogenated alkanes) is 17. The maximum Gasteiger partial charge on any atom is 0.0799 e. The van der Waals surface area contributed by atoms with Crippen molar-refractivity contribution in [1.82, 2.24) is 0 Å². The van der Waals surface area contributed by atoms with E-state index in [1.807, 2.05) is 0 Å². The first-order valence-corrected chi connectivity index (χ1v) is 14.2. The Balaban J connectivity index is 3.22. The minimum absolute atomic E-state index is 0.524. The molecule has 31 heavy (non-hydrogen) atoms. The van der Waals surface area contributed by atoms with Gasteiger partial charge >= 0.3 is 0 Å². The smallest absolute Gasteiger partial charge is 0.0799 e. The molecule has 0 radical (unpaired) electrons. The Morgan fingerprint density at radius 3 is 1.06 bits per heavy atom. The minimum Gasteiger partial charge on any atom is -0.390 e. The molecule has 0 amide bonds. The Hall–Kier alpha value is -0.120. The Morgan fingerprint density at radius 1 is 0.419 bits per heavy atom. The predicted molar refractivity (Wildman–Crippen MR) is 136 cm³/mol. The van der Waals surface area contributed by atoms with Gasteiger partial charge in [0.1, 0.15) is 0 Å². The summed E-state index contributed by atoms with van der Waals surface area (Å²) in [7, 11) is 0. The van der Waals surface area contributed by atoms with E-state index in [0.717, 1.165) is 38.9 Å². The van der Waals surface area contributed by atoms with Gasteiger partial charge in [-0.3, -0.25) is 0 Å². The summed E-state index contributed by atoms with van der Waals surface area (Å²) in [5.74, 6) is 0. The third-order valence-corrected chi connectivity index (χ3v) is 6.48. The Bertz CT molecular complexity index is 321. The van der Waals surface area contributed by atoms with E-state index in [2.05, 4.69) is 13.8 Å². The van der Waals surface area contributed by atoms with Crippen LogP contribution in [0.2, 0.25) is 0 Å². The largest absolute Gasteiger partial charge is 0.390 e. The molecule has 188 valence electrons. The number of hydrogen-bond donors (Lipinski definition) is 2. The van der Waals surface area contributed by atoms with Crippen molar-refractivity contribution in [3.05, 3.63) is 0 Å². The van der Waals surface area contributed by atoms with Crippen molar-refractivity contribution in [2.24, 2.45) is 0 Å². The number of aliphatic hydroxyl groups excluding tert-OH is 2. The van der Waals surface area contributed by atoms with Gasteiger partial charge in [0, 0.05) is 13.2 Å². The molecule has 2 atom stereocenters. The van der Waals surface area contributed by atoms with Gasteiger partial charge in [0.25, 0.3) is 0 Å². The Morgan fingerprint density at radius 2 is 0.710 bits per heavy atom. The monoisotopic (exact) mass is 442 g/mol. The van der Waals surface area contributed by atoms with E-state index in [9.17, 15) is 10.2 Å². The first-order valence-electron chi connectivity index (χ1n) is 14.2. The van der Waals surface area contributed by atoms with Crippen LogP contribution >= 0.6 is 0 Å². The van der Waals surface area contributed by atoms with Crippen LogP contribution in [0.25, 0.3) is 0 Å². The quantitative estimate of drug-likeness (QED) is 0.132. The summed E-state index contributed by atoms with van der Waals surface area (Å²) in [6.45, 7) is 6.36. The fourth-order valence-electron chi connectivity index (χ4n) is 4.22. The molecule has 0 saturated carbocycles. The Kier molecular flexibility index (Phi) is 26.0. The zero-order valence-electron chi connectivity index (χ0n) is 21.4. The number of ether oxygens (including phenoxy) is 1. The molecular weight excluding hydrogens is 384 g/mol. The van der Waals surface area contributed by atoms with Crippen LogP contribution in [0.1, 0.15) is 155 Å². The zero-order valence-corrected chi connectivity index (χ0v) is 21.4. The average molecular weight is 443 g/mol. The molecule has 0 spiro atoms. The number of aliphatic hydroxyl groups is 2. The van der Waals surface area contributed by atoms with Gasteiger partial charge in [-0.25, -0.2) is 0 Å². The zero-order chi connectivity index (χ0) is 22.8. The highest BCUT2D eigenvalue weighted by Gasteiger charge is 2.15. The van der Waals surface area contributed by atoms with Gasteiger partial charge in [-0.1, -0.05) is 129 Å². The van der Waals surface area contributed by atoms with Gasteiger partial charge in [0.15, 0.2) is 0 Å². The summed E-state index contributed by atoms with van der Waals surface area (Å²) in [5, 5.41) is 20.2. The molecule has 2 N–H and O–H groups in total. The molecule has 0 rings (SSSR count). The molecule has 0 saturated heterocycles. The molecular formula is C28H58O3. The van der Waals surface area contributed by atoms with Crippen molar-refractivity contribution < 1.29 is 14.9 Å². The Labute approximate surface area is 195 Å². The van der Waals surface area contributed by atoms with E-state index < -0.39 is 12.2 Å². The highest BCUT2D eigenvalue weighted by atomic mass is 16.5. The van der Waals surface area contributed by atoms with Crippen molar-refractivity contribution in [2.45, 2.75) is 167 Å². The lowest BCUT2D eigenvalue weighted by Crippen LogP contribution is -2.25. The molecule has 0 aromatic rings. The van der Waals surface area contributed by atoms with E-state index in [4.69, 9.17) is 4.74 Å². The van der Waals surface area contributed by atoms with E-state index in [0.29, 0.717) is 0 Å². The molecule has 3 nitrogen and oxygen atoms in total. The normalized spacial score (nSPS) is 13.5. The summed E-state index contributed by atoms with van der Waals surface area (Å²) < 4.78 is 5.76. The van der Waals surface area contributed by atoms with Crippen molar-refractivity contribution in [3.63, 3.8) is 0 Å². The van der Waals surface area contributed by atoms with Crippen LogP contribution in [-0.4, -0.2) is 35.6 Å². The molecule has 0 bridgehead atoms. The van der Waals surface area contributed by atoms with Crippen LogP contribution < -0.4 is 0 Å². The third-order valence-electron chi connectivity index (χ3n) is 6.48.